The summed E-state index contributed by atoms with van der Waals surface area (Å²) >= 11 is 1.46. The third-order valence-electron chi connectivity index (χ3n) is 2.68. The number of hydrogen-bond acceptors (Lipinski definition) is 6. The molecule has 6 heteroatoms. The van der Waals surface area contributed by atoms with E-state index < -0.39 is 0 Å². The first-order chi connectivity index (χ1) is 9.13. The number of benzene rings is 1. The fourth-order valence-electron chi connectivity index (χ4n) is 1.64. The van der Waals surface area contributed by atoms with Gasteiger partial charge in [0.05, 0.1) is 7.11 Å². The molecule has 0 bridgehead atoms. The van der Waals surface area contributed by atoms with Crippen LogP contribution in [-0.4, -0.2) is 30.4 Å². The Hall–Kier alpha value is -1.95. The normalized spacial score (nSPS) is 10.3. The maximum absolute atomic E-state index is 5.79. The molecular weight excluding hydrogens is 260 g/mol. The fourth-order valence-corrected chi connectivity index (χ4v) is 2.03. The van der Waals surface area contributed by atoms with Crippen LogP contribution >= 0.6 is 11.8 Å². The Kier molecular flexibility index (Phi) is 4.11. The fraction of sp³-hybridized carbons (Fsp3) is 0.231. The summed E-state index contributed by atoms with van der Waals surface area (Å²) in [4.78, 5) is 10.5. The van der Waals surface area contributed by atoms with Crippen LogP contribution in [-0.2, 0) is 0 Å². The van der Waals surface area contributed by atoms with Crippen LogP contribution in [0.15, 0.2) is 35.5 Å². The second-order valence-corrected chi connectivity index (χ2v) is 4.67. The lowest BCUT2D eigenvalue weighted by atomic mass is 10.3. The first kappa shape index (κ1) is 13.5. The molecular formula is C13H16N4OS. The number of thioether (sulfide) groups is 1. The van der Waals surface area contributed by atoms with E-state index >= 15 is 0 Å². The zero-order valence-electron chi connectivity index (χ0n) is 11.1. The van der Waals surface area contributed by atoms with Gasteiger partial charge in [0.15, 0.2) is 5.16 Å². The van der Waals surface area contributed by atoms with Gasteiger partial charge < -0.3 is 15.4 Å². The van der Waals surface area contributed by atoms with Gasteiger partial charge in [-0.25, -0.2) is 9.97 Å². The molecule has 0 saturated heterocycles. The third kappa shape index (κ3) is 3.08. The van der Waals surface area contributed by atoms with Crippen molar-refractivity contribution in [1.82, 2.24) is 9.97 Å². The highest BCUT2D eigenvalue weighted by Gasteiger charge is 2.09. The average molecular weight is 276 g/mol. The van der Waals surface area contributed by atoms with Gasteiger partial charge in [0.2, 0.25) is 0 Å². The molecule has 0 spiro atoms. The number of aromatic nitrogens is 2. The van der Waals surface area contributed by atoms with Gasteiger partial charge in [-0.05, 0) is 18.4 Å². The zero-order chi connectivity index (χ0) is 13.8. The predicted molar refractivity (Wildman–Crippen MR) is 79.3 cm³/mol. The SMILES string of the molecule is COc1cccc(N(C)c2cc(N)nc(SC)n2)c1. The molecule has 0 amide bonds. The molecule has 2 aromatic rings. The highest BCUT2D eigenvalue weighted by atomic mass is 32.2. The number of nitrogen functional groups attached to an aromatic ring is 1. The van der Waals surface area contributed by atoms with E-state index in [1.807, 2.05) is 42.5 Å². The summed E-state index contributed by atoms with van der Waals surface area (Å²) in [5, 5.41) is 0.657. The number of rotatable bonds is 4. The minimum absolute atomic E-state index is 0.462. The van der Waals surface area contributed by atoms with Gasteiger partial charge >= 0.3 is 0 Å². The smallest absolute Gasteiger partial charge is 0.191 e. The molecule has 2 N–H and O–H groups in total. The van der Waals surface area contributed by atoms with E-state index in [0.29, 0.717) is 11.0 Å². The highest BCUT2D eigenvalue weighted by molar-refractivity contribution is 7.98. The molecule has 1 heterocycles. The van der Waals surface area contributed by atoms with E-state index in [1.165, 1.54) is 11.8 Å². The van der Waals surface area contributed by atoms with Crippen LogP contribution in [0.1, 0.15) is 0 Å². The summed E-state index contributed by atoms with van der Waals surface area (Å²) < 4.78 is 5.22. The Labute approximate surface area is 116 Å². The van der Waals surface area contributed by atoms with Crippen LogP contribution in [0.3, 0.4) is 0 Å². The Morgan fingerprint density at radius 1 is 1.26 bits per heavy atom. The quantitative estimate of drug-likeness (QED) is 0.684. The number of hydrogen-bond donors (Lipinski definition) is 1. The standard InChI is InChI=1S/C13H16N4OS/c1-17(9-5-4-6-10(7-9)18-2)12-8-11(14)15-13(16-12)19-3/h4-8H,1-3H3,(H2,14,15,16). The van der Waals surface area contributed by atoms with E-state index in [-0.39, 0.29) is 0 Å². The third-order valence-corrected chi connectivity index (χ3v) is 3.23. The van der Waals surface area contributed by atoms with Crippen molar-refractivity contribution in [3.05, 3.63) is 30.3 Å². The molecule has 19 heavy (non-hydrogen) atoms. The molecule has 0 aliphatic rings. The molecule has 0 saturated carbocycles. The molecule has 0 aliphatic heterocycles. The maximum Gasteiger partial charge on any atom is 0.191 e. The van der Waals surface area contributed by atoms with Crippen molar-refractivity contribution in [2.24, 2.45) is 0 Å². The van der Waals surface area contributed by atoms with Crippen molar-refractivity contribution < 1.29 is 4.74 Å². The Balaban J connectivity index is 2.37. The number of anilines is 3. The van der Waals surface area contributed by atoms with Crippen molar-refractivity contribution in [3.63, 3.8) is 0 Å². The van der Waals surface area contributed by atoms with Gasteiger partial charge in [-0.15, -0.1) is 0 Å². The lowest BCUT2D eigenvalue weighted by molar-refractivity contribution is 0.415. The van der Waals surface area contributed by atoms with E-state index in [0.717, 1.165) is 17.3 Å². The zero-order valence-corrected chi connectivity index (χ0v) is 11.9. The topological polar surface area (TPSA) is 64.3 Å². The first-order valence-electron chi connectivity index (χ1n) is 5.70. The Morgan fingerprint density at radius 2 is 2.05 bits per heavy atom. The van der Waals surface area contributed by atoms with Gasteiger partial charge in [0, 0.05) is 24.9 Å². The summed E-state index contributed by atoms with van der Waals surface area (Å²) in [6.07, 6.45) is 1.92. The van der Waals surface area contributed by atoms with Crippen molar-refractivity contribution in [1.29, 1.82) is 0 Å². The minimum atomic E-state index is 0.462. The number of methoxy groups -OCH3 is 1. The van der Waals surface area contributed by atoms with Gasteiger partial charge in [0.25, 0.3) is 0 Å². The molecule has 0 unspecified atom stereocenters. The van der Waals surface area contributed by atoms with Crippen molar-refractivity contribution in [2.75, 3.05) is 31.0 Å². The number of nitrogens with two attached hydrogens (primary N) is 1. The van der Waals surface area contributed by atoms with Crippen LogP contribution in [0.25, 0.3) is 0 Å². The van der Waals surface area contributed by atoms with E-state index in [4.69, 9.17) is 10.5 Å². The summed E-state index contributed by atoms with van der Waals surface area (Å²) in [6, 6.07) is 9.51. The molecule has 2 rings (SSSR count). The predicted octanol–water partition coefficient (Wildman–Crippen LogP) is 2.56. The second-order valence-electron chi connectivity index (χ2n) is 3.90. The second kappa shape index (κ2) is 5.79. The molecule has 1 aromatic heterocycles. The largest absolute Gasteiger partial charge is 0.497 e. The van der Waals surface area contributed by atoms with Crippen LogP contribution in [0, 0.1) is 0 Å². The summed E-state index contributed by atoms with van der Waals surface area (Å²) in [7, 11) is 3.58. The number of nitrogens with zero attached hydrogens (tertiary/aromatic N) is 3. The number of ether oxygens (including phenoxy) is 1. The van der Waals surface area contributed by atoms with Gasteiger partial charge in [-0.2, -0.15) is 0 Å². The molecule has 0 atom stereocenters. The molecule has 100 valence electrons. The molecule has 0 aliphatic carbocycles. The molecule has 5 nitrogen and oxygen atoms in total. The van der Waals surface area contributed by atoms with Crippen molar-refractivity contribution in [3.8, 4) is 5.75 Å². The van der Waals surface area contributed by atoms with Gasteiger partial charge in [-0.1, -0.05) is 17.8 Å². The lowest BCUT2D eigenvalue weighted by Gasteiger charge is -2.19. The van der Waals surface area contributed by atoms with E-state index in [2.05, 4.69) is 9.97 Å². The van der Waals surface area contributed by atoms with Crippen LogP contribution in [0.2, 0.25) is 0 Å². The van der Waals surface area contributed by atoms with Crippen molar-refractivity contribution >= 4 is 29.1 Å². The lowest BCUT2D eigenvalue weighted by Crippen LogP contribution is -2.12. The van der Waals surface area contributed by atoms with Crippen molar-refractivity contribution in [2.45, 2.75) is 5.16 Å². The summed E-state index contributed by atoms with van der Waals surface area (Å²) in [5.41, 5.74) is 6.77. The summed E-state index contributed by atoms with van der Waals surface area (Å²) in [6.45, 7) is 0. The molecule has 1 aromatic carbocycles. The molecule has 0 fully saturated rings. The van der Waals surface area contributed by atoms with Gasteiger partial charge in [-0.3, -0.25) is 0 Å². The first-order valence-corrected chi connectivity index (χ1v) is 6.93. The Morgan fingerprint density at radius 3 is 2.74 bits per heavy atom. The molecule has 0 radical (unpaired) electrons. The van der Waals surface area contributed by atoms with Gasteiger partial charge in [0.1, 0.15) is 17.4 Å². The monoisotopic (exact) mass is 276 g/mol. The van der Waals surface area contributed by atoms with E-state index in [9.17, 15) is 0 Å². The summed E-state index contributed by atoms with van der Waals surface area (Å²) in [5.74, 6) is 2.02. The maximum atomic E-state index is 5.79. The van der Waals surface area contributed by atoms with E-state index in [1.54, 1.807) is 13.2 Å². The van der Waals surface area contributed by atoms with Crippen LogP contribution in [0.5, 0.6) is 5.75 Å². The van der Waals surface area contributed by atoms with Crippen LogP contribution in [0.4, 0.5) is 17.3 Å². The van der Waals surface area contributed by atoms with Crippen LogP contribution < -0.4 is 15.4 Å². The average Bonchev–Trinajstić information content (AvgIpc) is 2.45. The highest BCUT2D eigenvalue weighted by Crippen LogP contribution is 2.27. The Bertz CT molecular complexity index is 576. The minimum Gasteiger partial charge on any atom is -0.497 e.